The van der Waals surface area contributed by atoms with Crippen molar-refractivity contribution in [2.24, 2.45) is 25.9 Å². The Labute approximate surface area is 432 Å². The van der Waals surface area contributed by atoms with Crippen LogP contribution in [0.3, 0.4) is 0 Å². The number of halogens is 3. The summed E-state index contributed by atoms with van der Waals surface area (Å²) >= 11 is 0. The van der Waals surface area contributed by atoms with Gasteiger partial charge in [-0.1, -0.05) is 36.4 Å². The number of carbonyl (C=O) groups excluding carboxylic acids is 2. The Morgan fingerprint density at radius 1 is 0.595 bits per heavy atom. The van der Waals surface area contributed by atoms with E-state index < -0.39 is 86.9 Å². The summed E-state index contributed by atoms with van der Waals surface area (Å²) in [5.41, 5.74) is 0.248. The van der Waals surface area contributed by atoms with Crippen molar-refractivity contribution in [2.75, 3.05) is 31.9 Å². The molecule has 0 N–H and O–H groups in total. The van der Waals surface area contributed by atoms with E-state index in [2.05, 4.69) is 10.2 Å². The molecule has 8 rings (SSSR count). The molecule has 2 amide bonds. The molecule has 0 spiro atoms. The Hall–Kier alpha value is -5.05. The number of amides is 2. The lowest BCUT2D eigenvalue weighted by atomic mass is 9.97. The molecule has 4 aliphatic rings. The van der Waals surface area contributed by atoms with Crippen molar-refractivity contribution in [3.8, 4) is 0 Å². The molecule has 4 aromatic rings. The van der Waals surface area contributed by atoms with Crippen LogP contribution in [0.4, 0.5) is 22.9 Å². The fourth-order valence-electron chi connectivity index (χ4n) is 8.21. The summed E-state index contributed by atoms with van der Waals surface area (Å²) in [5, 5.41) is 4.41. The van der Waals surface area contributed by atoms with Gasteiger partial charge in [-0.25, -0.2) is 43.3 Å². The number of hydrogen-bond donors (Lipinski definition) is 0. The zero-order valence-electron chi connectivity index (χ0n) is 42.7. The highest BCUT2D eigenvalue weighted by molar-refractivity contribution is 8.03. The highest BCUT2D eigenvalue weighted by Gasteiger charge is 2.55. The predicted octanol–water partition coefficient (Wildman–Crippen LogP) is 7.98. The summed E-state index contributed by atoms with van der Waals surface area (Å²) in [5.74, 6) is -0.602. The van der Waals surface area contributed by atoms with Gasteiger partial charge in [-0.3, -0.25) is 9.36 Å². The van der Waals surface area contributed by atoms with Crippen molar-refractivity contribution in [3.63, 3.8) is 0 Å². The van der Waals surface area contributed by atoms with Crippen LogP contribution in [0.1, 0.15) is 116 Å². The monoisotopic (exact) mass is 1120 g/mol. The van der Waals surface area contributed by atoms with Crippen LogP contribution in [-0.4, -0.2) is 128 Å². The standard InChI is InChI=1S/C18H27F2N3O4S.C18H29N3O4S.C12H10FNO4S2/c1-17(2,3)27-16(24)23-9-7-13(8-10-23)18(19,20)28(25,26)15-11-14(12-5-6-12)21-22(15)4;1-18(2,3)25-17(22)21-9-7-13(8-10-21)12-26(23,24)16-11-15(14-5-6-14)19-20(16)4;13-14(19(15,16)11-7-3-1-4-8-11)20(17,18)12-9-5-2-6-10-12/h11-13H,5-10H2,1-4H3;11,13-14H,5-10,12H2,1-4H3;1-10H. The summed E-state index contributed by atoms with van der Waals surface area (Å²) in [4.78, 5) is 26.3. The third-order valence-electron chi connectivity index (χ3n) is 12.5. The van der Waals surface area contributed by atoms with E-state index in [-0.39, 0.29) is 49.6 Å². The number of benzene rings is 2. The van der Waals surface area contributed by atoms with Gasteiger partial charge < -0.3 is 19.3 Å². The number of sulfonamides is 2. The first-order chi connectivity index (χ1) is 34.2. The van der Waals surface area contributed by atoms with Crippen LogP contribution in [-0.2, 0) is 63.3 Å². The lowest BCUT2D eigenvalue weighted by Crippen LogP contribution is -2.47. The second-order valence-corrected chi connectivity index (χ2v) is 28.6. The number of sulfone groups is 2. The quantitative estimate of drug-likeness (QED) is 0.122. The smallest absolute Gasteiger partial charge is 0.410 e. The number of aromatic nitrogens is 4. The normalized spacial score (nSPS) is 17.7. The van der Waals surface area contributed by atoms with Gasteiger partial charge in [-0.2, -0.15) is 19.0 Å². The highest BCUT2D eigenvalue weighted by atomic mass is 32.3. The molecule has 0 atom stereocenters. The molecule has 410 valence electrons. The molecular weight excluding hydrogens is 1050 g/mol. The summed E-state index contributed by atoms with van der Waals surface area (Å²) in [6.45, 7) is 11.8. The maximum atomic E-state index is 15.0. The van der Waals surface area contributed by atoms with Gasteiger partial charge in [0, 0.05) is 58.0 Å². The Balaban J connectivity index is 0.000000183. The van der Waals surface area contributed by atoms with E-state index in [1.54, 1.807) is 38.8 Å². The average Bonchev–Trinajstić information content (AvgIpc) is 4.28. The molecular formula is C48H66F3N7O12S4. The lowest BCUT2D eigenvalue weighted by Gasteiger charge is -2.36. The molecule has 2 aromatic heterocycles. The van der Waals surface area contributed by atoms with Crippen LogP contribution < -0.4 is 0 Å². The molecule has 0 unspecified atom stereocenters. The molecule has 19 nitrogen and oxygen atoms in total. The summed E-state index contributed by atoms with van der Waals surface area (Å²) in [6, 6.07) is 16.0. The van der Waals surface area contributed by atoms with Gasteiger partial charge in [0.25, 0.3) is 29.9 Å². The minimum Gasteiger partial charge on any atom is -0.444 e. The van der Waals surface area contributed by atoms with E-state index in [4.69, 9.17) is 9.47 Å². The number of aryl methyl sites for hydroxylation is 2. The molecule has 2 aliphatic heterocycles. The number of nitrogens with zero attached hydrogens (tertiary/aromatic N) is 7. The molecule has 0 bridgehead atoms. The average molecular weight is 1120 g/mol. The van der Waals surface area contributed by atoms with Crippen LogP contribution in [0.15, 0.2) is 92.6 Å². The molecule has 0 radical (unpaired) electrons. The topological polar surface area (TPSA) is 235 Å². The Kier molecular flexibility index (Phi) is 17.5. The van der Waals surface area contributed by atoms with Crippen molar-refractivity contribution >= 4 is 51.9 Å². The number of carbonyl (C=O) groups is 2. The van der Waals surface area contributed by atoms with Crippen molar-refractivity contribution in [1.29, 1.82) is 0 Å². The number of ether oxygens (including phenoxy) is 2. The Morgan fingerprint density at radius 2 is 0.959 bits per heavy atom. The lowest BCUT2D eigenvalue weighted by molar-refractivity contribution is -0.0180. The fourth-order valence-corrected chi connectivity index (χ4v) is 14.6. The van der Waals surface area contributed by atoms with Gasteiger partial charge in [0.1, 0.15) is 11.2 Å². The summed E-state index contributed by atoms with van der Waals surface area (Å²) in [7, 11) is -14.7. The molecule has 4 fully saturated rings. The van der Waals surface area contributed by atoms with Gasteiger partial charge in [-0.15, -0.1) is 4.48 Å². The predicted molar refractivity (Wildman–Crippen MR) is 266 cm³/mol. The van der Waals surface area contributed by atoms with Crippen molar-refractivity contribution in [1.82, 2.24) is 33.3 Å². The summed E-state index contributed by atoms with van der Waals surface area (Å²) < 4.78 is 155. The SMILES string of the molecule is Cn1nc(C2CC2)cc1S(=O)(=O)C(F)(F)C1CCN(C(=O)OC(C)(C)C)CC1.Cn1nc(C2CC2)cc1S(=O)(=O)CC1CCN(C(=O)OC(C)(C)C)CC1.O=S(=O)(c1ccccc1)N(F)S(=O)(=O)c1ccccc1. The first-order valence-electron chi connectivity index (χ1n) is 24.2. The molecule has 74 heavy (non-hydrogen) atoms. The van der Waals surface area contributed by atoms with Gasteiger partial charge >= 0.3 is 17.4 Å². The minimum absolute atomic E-state index is 0.0312. The minimum atomic E-state index is -4.89. The van der Waals surface area contributed by atoms with Crippen molar-refractivity contribution in [3.05, 3.63) is 84.2 Å². The number of rotatable bonds is 12. The van der Waals surface area contributed by atoms with E-state index in [1.165, 1.54) is 59.1 Å². The number of piperidine rings is 2. The molecule has 2 saturated heterocycles. The molecule has 26 heteroatoms. The van der Waals surface area contributed by atoms with Crippen LogP contribution >= 0.6 is 0 Å². The van der Waals surface area contributed by atoms with Gasteiger partial charge in [0.2, 0.25) is 0 Å². The van der Waals surface area contributed by atoms with E-state index in [9.17, 15) is 47.7 Å². The van der Waals surface area contributed by atoms with Gasteiger partial charge in [0.15, 0.2) is 19.9 Å². The second-order valence-electron chi connectivity index (χ2n) is 20.9. The van der Waals surface area contributed by atoms with Crippen LogP contribution in [0, 0.1) is 11.8 Å². The van der Waals surface area contributed by atoms with Crippen LogP contribution in [0.5, 0.6) is 0 Å². The number of hydrogen-bond acceptors (Lipinski definition) is 14. The van der Waals surface area contributed by atoms with Crippen LogP contribution in [0.2, 0.25) is 0 Å². The van der Waals surface area contributed by atoms with E-state index in [1.807, 2.05) is 20.8 Å². The molecule has 2 aromatic carbocycles. The number of alkyl halides is 2. The van der Waals surface area contributed by atoms with Gasteiger partial charge in [-0.05, 0) is 135 Å². The third kappa shape index (κ3) is 14.2. The third-order valence-corrected chi connectivity index (χ3v) is 20.0. The van der Waals surface area contributed by atoms with Crippen molar-refractivity contribution in [2.45, 2.75) is 141 Å². The first kappa shape index (κ1) is 58.2. The fraction of sp³-hybridized carbons (Fsp3) is 0.583. The zero-order valence-corrected chi connectivity index (χ0v) is 46.0. The molecule has 2 saturated carbocycles. The molecule has 2 aliphatic carbocycles. The second kappa shape index (κ2) is 22.3. The first-order valence-corrected chi connectivity index (χ1v) is 30.2. The van der Waals surface area contributed by atoms with Crippen molar-refractivity contribution < 1.29 is 66.0 Å². The Morgan fingerprint density at radius 3 is 1.34 bits per heavy atom. The van der Waals surface area contributed by atoms with Crippen LogP contribution in [0.25, 0.3) is 0 Å². The highest BCUT2D eigenvalue weighted by Crippen LogP contribution is 2.44. The van der Waals surface area contributed by atoms with E-state index in [0.717, 1.165) is 60.3 Å². The van der Waals surface area contributed by atoms with E-state index >= 15 is 8.78 Å². The maximum Gasteiger partial charge on any atom is 0.410 e. The Bertz CT molecular complexity index is 3000. The summed E-state index contributed by atoms with van der Waals surface area (Å²) in [6.07, 6.45) is 4.22. The van der Waals surface area contributed by atoms with Gasteiger partial charge in [0.05, 0.1) is 30.9 Å². The maximum absolute atomic E-state index is 15.0. The zero-order chi connectivity index (χ0) is 54.8. The largest absolute Gasteiger partial charge is 0.444 e. The number of likely N-dealkylation sites (tertiary alicyclic amines) is 2. The van der Waals surface area contributed by atoms with E-state index in [0.29, 0.717) is 42.6 Å². The molecule has 4 heterocycles.